The van der Waals surface area contributed by atoms with Crippen molar-refractivity contribution >= 4 is 22.7 Å². The average molecular weight is 314 g/mol. The highest BCUT2D eigenvalue weighted by atomic mass is 16.2. The number of piperidine rings is 1. The fraction of sp³-hybridized carbons (Fsp3) is 0.471. The zero-order chi connectivity index (χ0) is 16.4. The number of H-pyrrole nitrogens is 1. The van der Waals surface area contributed by atoms with E-state index in [0.29, 0.717) is 18.7 Å². The highest BCUT2D eigenvalue weighted by molar-refractivity contribution is 6.05. The summed E-state index contributed by atoms with van der Waals surface area (Å²) in [7, 11) is 0. The number of aromatic amines is 1. The number of hydrogen-bond acceptors (Lipinski definition) is 3. The van der Waals surface area contributed by atoms with Gasteiger partial charge in [-0.3, -0.25) is 14.7 Å². The number of aromatic nitrogens is 2. The van der Waals surface area contributed by atoms with Gasteiger partial charge < -0.3 is 10.2 Å². The van der Waals surface area contributed by atoms with Crippen LogP contribution in [0.1, 0.15) is 37.0 Å². The lowest BCUT2D eigenvalue weighted by Gasteiger charge is -2.33. The number of benzene rings is 1. The zero-order valence-electron chi connectivity index (χ0n) is 13.5. The molecule has 1 aromatic carbocycles. The predicted molar refractivity (Wildman–Crippen MR) is 88.0 cm³/mol. The second-order valence-corrected chi connectivity index (χ2v) is 6.37. The standard InChI is InChI=1S/C17H22N4O2/c1-11(2)17(23)21-8-6-13(7-9-21)19-16(22)14-5-3-4-12-10-18-20-15(12)14/h3-5,10-11,13H,6-9H2,1-2H3,(H,18,20)(H,19,22). The summed E-state index contributed by atoms with van der Waals surface area (Å²) in [5.41, 5.74) is 1.37. The summed E-state index contributed by atoms with van der Waals surface area (Å²) in [5.74, 6) is 0.129. The Morgan fingerprint density at radius 3 is 2.74 bits per heavy atom. The quantitative estimate of drug-likeness (QED) is 0.909. The number of carbonyl (C=O) groups is 2. The number of nitrogens with one attached hydrogen (secondary N) is 2. The third-order valence-corrected chi connectivity index (χ3v) is 4.36. The average Bonchev–Trinajstić information content (AvgIpc) is 3.03. The van der Waals surface area contributed by atoms with E-state index < -0.39 is 0 Å². The third kappa shape index (κ3) is 3.21. The Hall–Kier alpha value is -2.37. The topological polar surface area (TPSA) is 78.1 Å². The molecule has 2 N–H and O–H groups in total. The molecule has 3 rings (SSSR count). The summed E-state index contributed by atoms with van der Waals surface area (Å²) >= 11 is 0. The molecule has 0 atom stereocenters. The minimum absolute atomic E-state index is 0.0270. The Bertz CT molecular complexity index is 714. The number of hydrogen-bond donors (Lipinski definition) is 2. The lowest BCUT2D eigenvalue weighted by molar-refractivity contribution is -0.135. The van der Waals surface area contributed by atoms with Crippen molar-refractivity contribution in [1.82, 2.24) is 20.4 Å². The molecule has 0 bridgehead atoms. The predicted octanol–water partition coefficient (Wildman–Crippen LogP) is 1.94. The van der Waals surface area contributed by atoms with Gasteiger partial charge in [-0.15, -0.1) is 0 Å². The molecule has 2 aromatic rings. The zero-order valence-corrected chi connectivity index (χ0v) is 13.5. The molecule has 2 heterocycles. The third-order valence-electron chi connectivity index (χ3n) is 4.36. The van der Waals surface area contributed by atoms with Crippen LogP contribution in [0.5, 0.6) is 0 Å². The van der Waals surface area contributed by atoms with Gasteiger partial charge in [0.15, 0.2) is 0 Å². The van der Waals surface area contributed by atoms with Crippen molar-refractivity contribution in [3.05, 3.63) is 30.0 Å². The molecule has 0 saturated carbocycles. The van der Waals surface area contributed by atoms with E-state index in [1.165, 1.54) is 0 Å². The summed E-state index contributed by atoms with van der Waals surface area (Å²) in [5, 5.41) is 10.9. The number of rotatable bonds is 3. The number of nitrogens with zero attached hydrogens (tertiary/aromatic N) is 2. The van der Waals surface area contributed by atoms with E-state index in [9.17, 15) is 9.59 Å². The van der Waals surface area contributed by atoms with Crippen LogP contribution in [0.4, 0.5) is 0 Å². The fourth-order valence-electron chi connectivity index (χ4n) is 3.03. The van der Waals surface area contributed by atoms with E-state index in [1.807, 2.05) is 30.9 Å². The first kappa shape index (κ1) is 15.5. The van der Waals surface area contributed by atoms with Crippen LogP contribution >= 0.6 is 0 Å². The Morgan fingerprint density at radius 1 is 1.30 bits per heavy atom. The fourth-order valence-corrected chi connectivity index (χ4v) is 3.03. The number of para-hydroxylation sites is 1. The molecule has 0 aliphatic carbocycles. The van der Waals surface area contributed by atoms with Gasteiger partial charge in [0.05, 0.1) is 17.3 Å². The smallest absolute Gasteiger partial charge is 0.253 e. The van der Waals surface area contributed by atoms with Gasteiger partial charge in [-0.05, 0) is 18.9 Å². The summed E-state index contributed by atoms with van der Waals surface area (Å²) in [6.07, 6.45) is 3.30. The molecule has 6 heteroatoms. The van der Waals surface area contributed by atoms with Gasteiger partial charge in [0.25, 0.3) is 5.91 Å². The molecular weight excluding hydrogens is 292 g/mol. The van der Waals surface area contributed by atoms with Crippen molar-refractivity contribution in [3.63, 3.8) is 0 Å². The Balaban J connectivity index is 1.62. The molecule has 6 nitrogen and oxygen atoms in total. The molecular formula is C17H22N4O2. The van der Waals surface area contributed by atoms with Gasteiger partial charge >= 0.3 is 0 Å². The monoisotopic (exact) mass is 314 g/mol. The number of carbonyl (C=O) groups excluding carboxylic acids is 2. The molecule has 0 spiro atoms. The maximum Gasteiger partial charge on any atom is 0.253 e. The second-order valence-electron chi connectivity index (χ2n) is 6.37. The highest BCUT2D eigenvalue weighted by Crippen LogP contribution is 2.17. The lowest BCUT2D eigenvalue weighted by Crippen LogP contribution is -2.47. The van der Waals surface area contributed by atoms with Gasteiger partial charge in [-0.2, -0.15) is 5.10 Å². The van der Waals surface area contributed by atoms with E-state index in [1.54, 1.807) is 12.3 Å². The summed E-state index contributed by atoms with van der Waals surface area (Å²) < 4.78 is 0. The molecule has 2 amide bonds. The summed E-state index contributed by atoms with van der Waals surface area (Å²) in [6, 6.07) is 5.69. The Labute approximate surface area is 135 Å². The van der Waals surface area contributed by atoms with Crippen LogP contribution in [0.2, 0.25) is 0 Å². The van der Waals surface area contributed by atoms with Crippen LogP contribution in [-0.4, -0.2) is 46.0 Å². The molecule has 1 aromatic heterocycles. The first-order valence-corrected chi connectivity index (χ1v) is 8.08. The molecule has 23 heavy (non-hydrogen) atoms. The molecule has 122 valence electrons. The molecule has 1 saturated heterocycles. The van der Waals surface area contributed by atoms with Crippen LogP contribution in [0.15, 0.2) is 24.4 Å². The minimum atomic E-state index is -0.0894. The van der Waals surface area contributed by atoms with E-state index in [4.69, 9.17) is 0 Å². The van der Waals surface area contributed by atoms with Crippen molar-refractivity contribution in [2.45, 2.75) is 32.7 Å². The van der Waals surface area contributed by atoms with E-state index in [0.717, 1.165) is 23.7 Å². The van der Waals surface area contributed by atoms with Crippen molar-refractivity contribution in [2.75, 3.05) is 13.1 Å². The Morgan fingerprint density at radius 2 is 2.04 bits per heavy atom. The highest BCUT2D eigenvalue weighted by Gasteiger charge is 2.25. The molecule has 1 fully saturated rings. The van der Waals surface area contributed by atoms with Crippen molar-refractivity contribution < 1.29 is 9.59 Å². The first-order chi connectivity index (χ1) is 11.1. The lowest BCUT2D eigenvalue weighted by atomic mass is 10.0. The van der Waals surface area contributed by atoms with E-state index >= 15 is 0 Å². The maximum absolute atomic E-state index is 12.5. The van der Waals surface area contributed by atoms with E-state index in [2.05, 4.69) is 15.5 Å². The van der Waals surface area contributed by atoms with Crippen LogP contribution in [0, 0.1) is 5.92 Å². The van der Waals surface area contributed by atoms with Crippen molar-refractivity contribution in [1.29, 1.82) is 0 Å². The SMILES string of the molecule is CC(C)C(=O)N1CCC(NC(=O)c2cccc3cn[nH]c23)CC1. The second kappa shape index (κ2) is 6.40. The van der Waals surface area contributed by atoms with Gasteiger partial charge in [-0.25, -0.2) is 0 Å². The number of likely N-dealkylation sites (tertiary alicyclic amines) is 1. The number of amides is 2. The summed E-state index contributed by atoms with van der Waals surface area (Å²) in [4.78, 5) is 26.4. The van der Waals surface area contributed by atoms with Gasteiger partial charge in [0, 0.05) is 30.4 Å². The van der Waals surface area contributed by atoms with Gasteiger partial charge in [-0.1, -0.05) is 26.0 Å². The van der Waals surface area contributed by atoms with Gasteiger partial charge in [0.2, 0.25) is 5.91 Å². The number of fused-ring (bicyclic) bond motifs is 1. The van der Waals surface area contributed by atoms with Crippen LogP contribution < -0.4 is 5.32 Å². The molecule has 0 radical (unpaired) electrons. The largest absolute Gasteiger partial charge is 0.349 e. The van der Waals surface area contributed by atoms with Crippen molar-refractivity contribution in [3.8, 4) is 0 Å². The Kier molecular flexibility index (Phi) is 4.32. The molecule has 1 aliphatic rings. The van der Waals surface area contributed by atoms with Crippen LogP contribution in [0.3, 0.4) is 0 Å². The first-order valence-electron chi connectivity index (χ1n) is 8.08. The van der Waals surface area contributed by atoms with Crippen molar-refractivity contribution in [2.24, 2.45) is 5.92 Å². The minimum Gasteiger partial charge on any atom is -0.349 e. The van der Waals surface area contributed by atoms with E-state index in [-0.39, 0.29) is 23.8 Å². The van der Waals surface area contributed by atoms with Crippen LogP contribution in [0.25, 0.3) is 10.9 Å². The normalized spacial score (nSPS) is 16.0. The maximum atomic E-state index is 12.5. The van der Waals surface area contributed by atoms with Gasteiger partial charge in [0.1, 0.15) is 0 Å². The summed E-state index contributed by atoms with van der Waals surface area (Å²) in [6.45, 7) is 5.24. The van der Waals surface area contributed by atoms with Crippen LogP contribution in [-0.2, 0) is 4.79 Å². The molecule has 1 aliphatic heterocycles. The molecule has 0 unspecified atom stereocenters.